The van der Waals surface area contributed by atoms with E-state index in [2.05, 4.69) is 9.02 Å². The Morgan fingerprint density at radius 3 is 2.53 bits per heavy atom. The molecule has 0 saturated heterocycles. The summed E-state index contributed by atoms with van der Waals surface area (Å²) in [7, 11) is 1.65. The average molecular weight is 296 g/mol. The number of rotatable bonds is 2. The molecule has 0 unspecified atom stereocenters. The van der Waals surface area contributed by atoms with Crippen molar-refractivity contribution in [2.45, 2.75) is 6.18 Å². The fourth-order valence-corrected chi connectivity index (χ4v) is 3.35. The third-order valence-corrected chi connectivity index (χ3v) is 3.89. The molecule has 17 heavy (non-hydrogen) atoms. The second kappa shape index (κ2) is 5.18. The summed E-state index contributed by atoms with van der Waals surface area (Å²) in [4.78, 5) is 5.21. The molecule has 0 aliphatic heterocycles. The Morgan fingerprint density at radius 1 is 1.18 bits per heavy atom. The molecule has 0 N–H and O–H groups in total. The molecule has 10 heteroatoms. The van der Waals surface area contributed by atoms with E-state index in [0.29, 0.717) is 25.5 Å². The lowest BCUT2D eigenvalue weighted by Gasteiger charge is -2.07. The first-order valence-corrected chi connectivity index (χ1v) is 6.63. The largest absolute Gasteiger partial charge is 0.416 e. The Kier molecular flexibility index (Phi) is 3.82. The van der Waals surface area contributed by atoms with Crippen molar-refractivity contribution in [3.05, 3.63) is 29.8 Å². The van der Waals surface area contributed by atoms with Gasteiger partial charge in [-0.3, -0.25) is 0 Å². The van der Waals surface area contributed by atoms with Crippen LogP contribution in [0, 0.1) is 0 Å². The standard InChI is InChI=1S/C7H4F3N3OP3/c8-7(9,10)5-2-1-3-6(4-5)14-13-16-11-15-12-17-13/h1-4H/q+1. The number of halogens is 3. The van der Waals surface area contributed by atoms with E-state index >= 15 is 0 Å². The number of alkyl halides is 3. The van der Waals surface area contributed by atoms with Gasteiger partial charge in [-0.05, 0) is 31.5 Å². The molecule has 1 heterocycles. The van der Waals surface area contributed by atoms with Crippen LogP contribution in [0.25, 0.3) is 0 Å². The highest BCUT2D eigenvalue weighted by molar-refractivity contribution is 7.39. The maximum absolute atomic E-state index is 12.4. The number of nitrogens with zero attached hydrogens (tertiary/aromatic N) is 3. The first-order chi connectivity index (χ1) is 8.05. The third-order valence-electron chi connectivity index (χ3n) is 1.66. The van der Waals surface area contributed by atoms with E-state index in [4.69, 9.17) is 4.84 Å². The zero-order valence-electron chi connectivity index (χ0n) is 8.03. The van der Waals surface area contributed by atoms with E-state index in [-0.39, 0.29) is 5.75 Å². The molecule has 0 atom stereocenters. The van der Waals surface area contributed by atoms with Crippen molar-refractivity contribution in [3.63, 3.8) is 0 Å². The van der Waals surface area contributed by atoms with Gasteiger partial charge in [-0.15, -0.1) is 0 Å². The molecule has 0 radical (unpaired) electrons. The molecule has 0 amide bonds. The van der Waals surface area contributed by atoms with Crippen LogP contribution in [0.5, 0.6) is 5.75 Å². The van der Waals surface area contributed by atoms with Crippen LogP contribution in [0.4, 0.5) is 13.2 Å². The summed E-state index contributed by atoms with van der Waals surface area (Å²) in [6.07, 6.45) is -4.37. The molecule has 0 aliphatic carbocycles. The molecule has 2 aromatic rings. The smallest absolute Gasteiger partial charge is 0.311 e. The van der Waals surface area contributed by atoms with Crippen LogP contribution < -0.4 is 9.09 Å². The molecule has 88 valence electrons. The Balaban J connectivity index is 2.23. The molecule has 0 spiro atoms. The Bertz CT molecular complexity index is 510. The monoisotopic (exact) mass is 296 g/mol. The quantitative estimate of drug-likeness (QED) is 0.853. The van der Waals surface area contributed by atoms with Crippen LogP contribution in [0.3, 0.4) is 0 Å². The minimum absolute atomic E-state index is 0.115. The highest BCUT2D eigenvalue weighted by Gasteiger charge is 2.30. The van der Waals surface area contributed by atoms with Gasteiger partial charge in [-0.25, -0.2) is 0 Å². The van der Waals surface area contributed by atoms with Crippen molar-refractivity contribution in [2.75, 3.05) is 0 Å². The van der Waals surface area contributed by atoms with Crippen LogP contribution >= 0.6 is 25.5 Å². The molecule has 0 aliphatic rings. The first-order valence-electron chi connectivity index (χ1n) is 4.23. The third kappa shape index (κ3) is 3.53. The van der Waals surface area contributed by atoms with Gasteiger partial charge < -0.3 is 4.84 Å². The molecule has 0 bridgehead atoms. The van der Waals surface area contributed by atoms with E-state index in [1.54, 1.807) is 0 Å². The van der Waals surface area contributed by atoms with E-state index in [0.717, 1.165) is 12.1 Å². The van der Waals surface area contributed by atoms with Gasteiger partial charge in [0.2, 0.25) is 0 Å². The Morgan fingerprint density at radius 2 is 1.88 bits per heavy atom. The second-order valence-electron chi connectivity index (χ2n) is 2.82. The lowest BCUT2D eigenvalue weighted by Crippen LogP contribution is -2.31. The lowest BCUT2D eigenvalue weighted by atomic mass is 10.2. The number of hydrogen-bond donors (Lipinski definition) is 0. The molecule has 4 nitrogen and oxygen atoms in total. The number of hydrogen-bond acceptors (Lipinski definition) is 3. The number of aromatic nitrogens is 3. The summed E-state index contributed by atoms with van der Waals surface area (Å²) in [5.74, 6) is 0.115. The molecular weight excluding hydrogens is 292 g/mol. The molecule has 2 rings (SSSR count). The zero-order valence-corrected chi connectivity index (χ0v) is 10.7. The van der Waals surface area contributed by atoms with Gasteiger partial charge in [0.15, 0.2) is 5.75 Å². The normalized spacial score (nSPS) is 12.6. The maximum Gasteiger partial charge on any atom is 0.416 e. The average Bonchev–Trinajstić information content (AvgIpc) is 2.29. The minimum Gasteiger partial charge on any atom is -0.311 e. The zero-order chi connectivity index (χ0) is 12.3. The van der Waals surface area contributed by atoms with Crippen LogP contribution in [-0.4, -0.2) is 9.02 Å². The Hall–Kier alpha value is -0.890. The summed E-state index contributed by atoms with van der Waals surface area (Å²) in [5, 5.41) is 0. The summed E-state index contributed by atoms with van der Waals surface area (Å²) >= 11 is 0. The fourth-order valence-electron chi connectivity index (χ4n) is 1.000. The van der Waals surface area contributed by atoms with Crippen molar-refractivity contribution in [3.8, 4) is 5.75 Å². The topological polar surface area (TPSA) is 38.9 Å². The molecule has 1 aromatic heterocycles. The van der Waals surface area contributed by atoms with Crippen LogP contribution in [0.15, 0.2) is 24.3 Å². The van der Waals surface area contributed by atoms with Crippen molar-refractivity contribution in [1.29, 1.82) is 0 Å². The highest BCUT2D eigenvalue weighted by atomic mass is 31.1. The number of benzene rings is 1. The maximum atomic E-state index is 12.4. The first kappa shape index (κ1) is 12.6. The van der Waals surface area contributed by atoms with Crippen molar-refractivity contribution in [1.82, 2.24) is 9.02 Å². The molecule has 0 fully saturated rings. The molecule has 0 saturated carbocycles. The van der Waals surface area contributed by atoms with E-state index in [1.165, 1.54) is 16.4 Å². The van der Waals surface area contributed by atoms with Crippen LogP contribution in [0.2, 0.25) is 0 Å². The fraction of sp³-hybridized carbons (Fsp3) is 0.143. The van der Waals surface area contributed by atoms with Gasteiger partial charge in [0.1, 0.15) is 0 Å². The predicted molar refractivity (Wildman–Crippen MR) is 57.2 cm³/mol. The van der Waals surface area contributed by atoms with Gasteiger partial charge in [0.05, 0.1) is 5.56 Å². The SMILES string of the molecule is FC(F)(F)c1cccc(O[n+]2pnpnp2)c1. The minimum atomic E-state index is -4.37. The Labute approximate surface area is 99.1 Å². The van der Waals surface area contributed by atoms with Crippen LogP contribution in [-0.2, 0) is 6.18 Å². The van der Waals surface area contributed by atoms with Crippen molar-refractivity contribution >= 4 is 25.5 Å². The van der Waals surface area contributed by atoms with Gasteiger partial charge >= 0.3 is 31.7 Å². The van der Waals surface area contributed by atoms with E-state index in [9.17, 15) is 13.2 Å². The van der Waals surface area contributed by atoms with E-state index in [1.807, 2.05) is 0 Å². The summed E-state index contributed by atoms with van der Waals surface area (Å²) in [5.41, 5.74) is -0.743. The lowest BCUT2D eigenvalue weighted by molar-refractivity contribution is -0.763. The van der Waals surface area contributed by atoms with Gasteiger partial charge in [-0.2, -0.15) is 13.2 Å². The van der Waals surface area contributed by atoms with E-state index < -0.39 is 11.7 Å². The second-order valence-corrected chi connectivity index (χ2v) is 5.83. The van der Waals surface area contributed by atoms with Gasteiger partial charge in [0, 0.05) is 0 Å². The summed E-state index contributed by atoms with van der Waals surface area (Å²) in [6, 6.07) is 4.68. The molecular formula is C7H4F3N3OP3+. The molecule has 1 aromatic carbocycles. The van der Waals surface area contributed by atoms with Gasteiger partial charge in [-0.1, -0.05) is 6.07 Å². The summed E-state index contributed by atoms with van der Waals surface area (Å²) < 4.78 is 46.4. The highest BCUT2D eigenvalue weighted by Crippen LogP contribution is 2.31. The predicted octanol–water partition coefficient (Wildman–Crippen LogP) is 3.37. The van der Waals surface area contributed by atoms with Crippen LogP contribution in [0.1, 0.15) is 5.56 Å². The summed E-state index contributed by atoms with van der Waals surface area (Å²) in [6.45, 7) is 0. The van der Waals surface area contributed by atoms with Crippen molar-refractivity contribution < 1.29 is 22.3 Å². The van der Waals surface area contributed by atoms with Crippen molar-refractivity contribution in [2.24, 2.45) is 0 Å². The van der Waals surface area contributed by atoms with Gasteiger partial charge in [0.25, 0.3) is 0 Å².